The molecule has 0 aromatic carbocycles. The van der Waals surface area contributed by atoms with E-state index < -0.39 is 7.14 Å². The molecule has 0 spiro atoms. The van der Waals surface area contributed by atoms with Crippen molar-refractivity contribution < 1.29 is 4.57 Å². The van der Waals surface area contributed by atoms with Crippen LogP contribution in [0, 0.1) is 6.92 Å². The SMILES string of the molecule is Cc1nc(P(C)(C)=O)cn1C. The van der Waals surface area contributed by atoms with Gasteiger partial charge in [0.2, 0.25) is 0 Å². The van der Waals surface area contributed by atoms with Crippen molar-refractivity contribution >= 4 is 12.6 Å². The molecule has 0 aliphatic rings. The third-order valence-corrected chi connectivity index (χ3v) is 2.97. The van der Waals surface area contributed by atoms with E-state index in [1.165, 1.54) is 0 Å². The van der Waals surface area contributed by atoms with Gasteiger partial charge in [0.05, 0.1) is 0 Å². The smallest absolute Gasteiger partial charge is 0.128 e. The van der Waals surface area contributed by atoms with E-state index in [4.69, 9.17) is 0 Å². The molecular weight excluding hydrogens is 159 g/mol. The van der Waals surface area contributed by atoms with E-state index in [0.29, 0.717) is 0 Å². The number of imidazole rings is 1. The Hall–Kier alpha value is -0.560. The zero-order valence-corrected chi connectivity index (χ0v) is 8.22. The lowest BCUT2D eigenvalue weighted by atomic mass is 10.7. The molecule has 1 aromatic rings. The molecular formula is C7H13N2OP. The van der Waals surface area contributed by atoms with Crippen LogP contribution in [-0.2, 0) is 11.6 Å². The van der Waals surface area contributed by atoms with Crippen LogP contribution in [0.15, 0.2) is 6.20 Å². The molecule has 0 atom stereocenters. The second kappa shape index (κ2) is 2.49. The molecule has 1 heterocycles. The highest BCUT2D eigenvalue weighted by molar-refractivity contribution is 7.69. The molecule has 0 saturated carbocycles. The number of hydrogen-bond donors (Lipinski definition) is 0. The molecule has 62 valence electrons. The Morgan fingerprint density at radius 3 is 2.27 bits per heavy atom. The maximum Gasteiger partial charge on any atom is 0.128 e. The highest BCUT2D eigenvalue weighted by Gasteiger charge is 2.14. The van der Waals surface area contributed by atoms with Crippen molar-refractivity contribution in [2.75, 3.05) is 13.3 Å². The summed E-state index contributed by atoms with van der Waals surface area (Å²) in [5.74, 6) is 0.906. The van der Waals surface area contributed by atoms with Crippen molar-refractivity contribution in [3.05, 3.63) is 12.0 Å². The molecule has 0 unspecified atom stereocenters. The van der Waals surface area contributed by atoms with Gasteiger partial charge in [0.1, 0.15) is 18.4 Å². The lowest BCUT2D eigenvalue weighted by molar-refractivity contribution is 0.588. The lowest BCUT2D eigenvalue weighted by Gasteiger charge is -1.98. The summed E-state index contributed by atoms with van der Waals surface area (Å²) in [4.78, 5) is 4.18. The largest absolute Gasteiger partial charge is 0.337 e. The molecule has 0 N–H and O–H groups in total. The van der Waals surface area contributed by atoms with E-state index in [1.54, 1.807) is 13.3 Å². The van der Waals surface area contributed by atoms with E-state index in [2.05, 4.69) is 4.98 Å². The molecule has 4 heteroatoms. The zero-order chi connectivity index (χ0) is 8.65. The zero-order valence-electron chi connectivity index (χ0n) is 7.33. The molecule has 0 saturated heterocycles. The summed E-state index contributed by atoms with van der Waals surface area (Å²) in [5.41, 5.74) is 0.720. The Balaban J connectivity index is 3.18. The minimum atomic E-state index is -2.16. The molecule has 0 fully saturated rings. The van der Waals surface area contributed by atoms with Gasteiger partial charge in [0, 0.05) is 13.2 Å². The summed E-state index contributed by atoms with van der Waals surface area (Å²) in [6, 6.07) is 0. The highest BCUT2D eigenvalue weighted by Crippen LogP contribution is 2.33. The van der Waals surface area contributed by atoms with Crippen molar-refractivity contribution in [1.82, 2.24) is 9.55 Å². The Labute approximate surface area is 66.8 Å². The number of aromatic nitrogens is 2. The van der Waals surface area contributed by atoms with Crippen LogP contribution in [0.1, 0.15) is 5.82 Å². The number of hydrogen-bond acceptors (Lipinski definition) is 2. The number of aryl methyl sites for hydroxylation is 2. The first-order valence-corrected chi connectivity index (χ1v) is 6.07. The van der Waals surface area contributed by atoms with Crippen LogP contribution in [0.2, 0.25) is 0 Å². The van der Waals surface area contributed by atoms with Crippen LogP contribution < -0.4 is 5.44 Å². The van der Waals surface area contributed by atoms with Gasteiger partial charge in [-0.05, 0) is 20.3 Å². The highest BCUT2D eigenvalue weighted by atomic mass is 31.2. The fourth-order valence-electron chi connectivity index (χ4n) is 0.800. The summed E-state index contributed by atoms with van der Waals surface area (Å²) in [6.45, 7) is 5.36. The standard InChI is InChI=1S/C7H13N2OP/c1-6-8-7(5-9(6)2)11(3,4)10/h5H,1-4H3. The second-order valence-electron chi connectivity index (χ2n) is 3.11. The molecule has 3 nitrogen and oxygen atoms in total. The molecule has 0 aliphatic heterocycles. The first kappa shape index (κ1) is 8.54. The summed E-state index contributed by atoms with van der Waals surface area (Å²) in [5, 5.41) is 0. The van der Waals surface area contributed by atoms with Gasteiger partial charge in [-0.2, -0.15) is 0 Å². The van der Waals surface area contributed by atoms with Crippen LogP contribution in [-0.4, -0.2) is 22.9 Å². The summed E-state index contributed by atoms with van der Waals surface area (Å²) in [6.07, 6.45) is 1.83. The van der Waals surface area contributed by atoms with Gasteiger partial charge >= 0.3 is 0 Å². The van der Waals surface area contributed by atoms with Gasteiger partial charge in [0.15, 0.2) is 0 Å². The summed E-state index contributed by atoms with van der Waals surface area (Å²) < 4.78 is 13.4. The van der Waals surface area contributed by atoms with Crippen LogP contribution >= 0.6 is 7.14 Å². The Kier molecular flexibility index (Phi) is 1.93. The Morgan fingerprint density at radius 2 is 2.09 bits per heavy atom. The van der Waals surface area contributed by atoms with Crippen LogP contribution in [0.4, 0.5) is 0 Å². The van der Waals surface area contributed by atoms with E-state index in [-0.39, 0.29) is 0 Å². The van der Waals surface area contributed by atoms with Gasteiger partial charge < -0.3 is 9.13 Å². The first-order chi connectivity index (χ1) is 4.91. The molecule has 0 bridgehead atoms. The average Bonchev–Trinajstić information content (AvgIpc) is 2.11. The van der Waals surface area contributed by atoms with Crippen molar-refractivity contribution in [2.24, 2.45) is 7.05 Å². The van der Waals surface area contributed by atoms with Crippen molar-refractivity contribution in [2.45, 2.75) is 6.92 Å². The van der Waals surface area contributed by atoms with Gasteiger partial charge in [-0.1, -0.05) is 0 Å². The normalized spacial score (nSPS) is 12.0. The van der Waals surface area contributed by atoms with Crippen molar-refractivity contribution in [3.8, 4) is 0 Å². The Morgan fingerprint density at radius 1 is 1.55 bits per heavy atom. The molecule has 11 heavy (non-hydrogen) atoms. The fourth-order valence-corrected chi connectivity index (χ4v) is 1.64. The van der Waals surface area contributed by atoms with Gasteiger partial charge in [0.25, 0.3) is 0 Å². The van der Waals surface area contributed by atoms with Crippen LogP contribution in [0.25, 0.3) is 0 Å². The third-order valence-electron chi connectivity index (χ3n) is 1.65. The van der Waals surface area contributed by atoms with E-state index in [0.717, 1.165) is 11.3 Å². The minimum Gasteiger partial charge on any atom is -0.337 e. The van der Waals surface area contributed by atoms with Crippen LogP contribution in [0.3, 0.4) is 0 Å². The van der Waals surface area contributed by atoms with Gasteiger partial charge in [-0.25, -0.2) is 4.98 Å². The summed E-state index contributed by atoms with van der Waals surface area (Å²) >= 11 is 0. The molecule has 0 radical (unpaired) electrons. The lowest BCUT2D eigenvalue weighted by Crippen LogP contribution is -2.02. The van der Waals surface area contributed by atoms with Gasteiger partial charge in [-0.15, -0.1) is 0 Å². The maximum absolute atomic E-state index is 11.5. The molecule has 0 aliphatic carbocycles. The van der Waals surface area contributed by atoms with Crippen molar-refractivity contribution in [1.29, 1.82) is 0 Å². The molecule has 1 aromatic heterocycles. The predicted octanol–water partition coefficient (Wildman–Crippen LogP) is 0.977. The number of nitrogens with zero attached hydrogens (tertiary/aromatic N) is 2. The number of rotatable bonds is 1. The van der Waals surface area contributed by atoms with E-state index in [1.807, 2.05) is 24.7 Å². The quantitative estimate of drug-likeness (QED) is 0.592. The Bertz CT molecular complexity index is 291. The summed E-state index contributed by atoms with van der Waals surface area (Å²) in [7, 11) is -0.252. The van der Waals surface area contributed by atoms with Crippen LogP contribution in [0.5, 0.6) is 0 Å². The monoisotopic (exact) mass is 172 g/mol. The van der Waals surface area contributed by atoms with Gasteiger partial charge in [-0.3, -0.25) is 0 Å². The van der Waals surface area contributed by atoms with E-state index >= 15 is 0 Å². The minimum absolute atomic E-state index is 0.720. The van der Waals surface area contributed by atoms with Crippen molar-refractivity contribution in [3.63, 3.8) is 0 Å². The first-order valence-electron chi connectivity index (χ1n) is 3.47. The predicted molar refractivity (Wildman–Crippen MR) is 47.0 cm³/mol. The third kappa shape index (κ3) is 1.72. The van der Waals surface area contributed by atoms with E-state index in [9.17, 15) is 4.57 Å². The topological polar surface area (TPSA) is 34.9 Å². The average molecular weight is 172 g/mol. The fraction of sp³-hybridized carbons (Fsp3) is 0.571. The molecule has 0 amide bonds. The second-order valence-corrected chi connectivity index (χ2v) is 6.27. The molecule has 1 rings (SSSR count). The maximum atomic E-state index is 11.5.